The van der Waals surface area contributed by atoms with Gasteiger partial charge in [0.25, 0.3) is 5.91 Å². The molecular formula is C12H16N5O6S+. The molecule has 4 N–H and O–H groups in total. The number of nitrogens with zero attached hydrogens (tertiary/aromatic N) is 3. The number of rotatable bonds is 4. The zero-order valence-corrected chi connectivity index (χ0v) is 13.2. The number of carbonyl (C=O) groups is 2. The molecule has 1 aromatic rings. The van der Waals surface area contributed by atoms with Crippen molar-refractivity contribution in [2.45, 2.75) is 24.9 Å². The molecule has 3 atom stereocenters. The molecule has 0 spiro atoms. The van der Waals surface area contributed by atoms with Crippen LogP contribution < -0.4 is 15.8 Å². The molecule has 0 radical (unpaired) electrons. The Labute approximate surface area is 137 Å². The van der Waals surface area contributed by atoms with Gasteiger partial charge in [-0.05, 0) is 12.5 Å². The number of hydrazine groups is 1. The minimum Gasteiger partial charge on any atom is -0.289 e. The summed E-state index contributed by atoms with van der Waals surface area (Å²) in [5.74, 6) is 4.68. The highest BCUT2D eigenvalue weighted by Crippen LogP contribution is 2.42. The van der Waals surface area contributed by atoms with Gasteiger partial charge in [0, 0.05) is 18.7 Å². The van der Waals surface area contributed by atoms with Crippen LogP contribution in [0.15, 0.2) is 24.5 Å². The molecule has 2 aliphatic heterocycles. The van der Waals surface area contributed by atoms with Gasteiger partial charge in [0.15, 0.2) is 11.7 Å². The van der Waals surface area contributed by atoms with Crippen LogP contribution in [0.2, 0.25) is 0 Å². The number of urea groups is 1. The van der Waals surface area contributed by atoms with E-state index in [0.29, 0.717) is 17.2 Å². The molecule has 2 bridgehead atoms. The van der Waals surface area contributed by atoms with E-state index >= 15 is 0 Å². The molecule has 130 valence electrons. The molecule has 12 heteroatoms. The van der Waals surface area contributed by atoms with Crippen molar-refractivity contribution < 1.29 is 26.8 Å². The van der Waals surface area contributed by atoms with Crippen molar-refractivity contribution in [1.82, 2.24) is 20.0 Å². The normalized spacial score (nSPS) is 29.6. The number of fused-ring (bicyclic) bond motifs is 2. The molecular weight excluding hydrogens is 342 g/mol. The lowest BCUT2D eigenvalue weighted by Gasteiger charge is -2.37. The highest BCUT2D eigenvalue weighted by Gasteiger charge is 2.64. The lowest BCUT2D eigenvalue weighted by Crippen LogP contribution is -2.66. The van der Waals surface area contributed by atoms with Crippen molar-refractivity contribution in [2.75, 3.05) is 6.54 Å². The molecule has 1 unspecified atom stereocenters. The fourth-order valence-electron chi connectivity index (χ4n) is 3.46. The zero-order chi connectivity index (χ0) is 17.5. The van der Waals surface area contributed by atoms with E-state index in [9.17, 15) is 18.0 Å². The smallest absolute Gasteiger partial charge is 0.289 e. The Hall–Kier alpha value is -2.12. The summed E-state index contributed by atoms with van der Waals surface area (Å²) in [4.78, 5) is 29.2. The summed E-state index contributed by atoms with van der Waals surface area (Å²) in [6.07, 6.45) is 3.53. The third-order valence-corrected chi connectivity index (χ3v) is 4.74. The van der Waals surface area contributed by atoms with Crippen molar-refractivity contribution in [3.8, 4) is 0 Å². The SMILES string of the molecule is NNC(=O)[C@@H]1CC[C@@H]2C[N+]1(c1cccnc1)C(=O)N2OS(=O)(=O)O. The predicted molar refractivity (Wildman–Crippen MR) is 79.9 cm³/mol. The van der Waals surface area contributed by atoms with E-state index in [2.05, 4.69) is 9.27 Å². The van der Waals surface area contributed by atoms with Gasteiger partial charge in [0.05, 0.1) is 6.20 Å². The van der Waals surface area contributed by atoms with Crippen LogP contribution in [0.3, 0.4) is 0 Å². The van der Waals surface area contributed by atoms with Gasteiger partial charge in [-0.15, -0.1) is 9.35 Å². The fraction of sp³-hybridized carbons (Fsp3) is 0.417. The monoisotopic (exact) mass is 358 g/mol. The second kappa shape index (κ2) is 5.75. The van der Waals surface area contributed by atoms with Gasteiger partial charge >= 0.3 is 16.4 Å². The van der Waals surface area contributed by atoms with Crippen LogP contribution in [0.1, 0.15) is 12.8 Å². The summed E-state index contributed by atoms with van der Waals surface area (Å²) in [7, 11) is -4.88. The summed E-state index contributed by atoms with van der Waals surface area (Å²) in [5.41, 5.74) is 2.45. The van der Waals surface area contributed by atoms with Crippen LogP contribution in [0.4, 0.5) is 10.5 Å². The first kappa shape index (κ1) is 16.7. The summed E-state index contributed by atoms with van der Waals surface area (Å²) in [6.45, 7) is 0.0954. The van der Waals surface area contributed by atoms with Crippen molar-refractivity contribution in [1.29, 1.82) is 0 Å². The van der Waals surface area contributed by atoms with Crippen LogP contribution in [0, 0.1) is 0 Å². The highest BCUT2D eigenvalue weighted by atomic mass is 32.3. The molecule has 2 aliphatic rings. The van der Waals surface area contributed by atoms with E-state index in [1.807, 2.05) is 5.43 Å². The molecule has 0 aromatic carbocycles. The number of hydrogen-bond acceptors (Lipinski definition) is 7. The largest absolute Gasteiger partial charge is 0.450 e. The molecule has 3 amide bonds. The summed E-state index contributed by atoms with van der Waals surface area (Å²) in [6, 6.07) is 0.959. The summed E-state index contributed by atoms with van der Waals surface area (Å²) < 4.78 is 35.0. The average Bonchev–Trinajstić information content (AvgIpc) is 2.76. The second-order valence-electron chi connectivity index (χ2n) is 5.63. The summed E-state index contributed by atoms with van der Waals surface area (Å²) in [5, 5.41) is 0.617. The van der Waals surface area contributed by atoms with Crippen molar-refractivity contribution >= 4 is 28.0 Å². The molecule has 1 aromatic heterocycles. The lowest BCUT2D eigenvalue weighted by atomic mass is 9.96. The van der Waals surface area contributed by atoms with Crippen LogP contribution in [-0.2, 0) is 19.5 Å². The number of hydrogen-bond donors (Lipinski definition) is 3. The van der Waals surface area contributed by atoms with E-state index in [0.717, 1.165) is 0 Å². The van der Waals surface area contributed by atoms with Gasteiger partial charge < -0.3 is 0 Å². The molecule has 3 rings (SSSR count). The van der Waals surface area contributed by atoms with Crippen molar-refractivity contribution in [3.63, 3.8) is 0 Å². The molecule has 3 heterocycles. The topological polar surface area (TPSA) is 152 Å². The average molecular weight is 358 g/mol. The van der Waals surface area contributed by atoms with E-state index in [-0.39, 0.29) is 13.0 Å². The standard InChI is InChI=1S/C12H15N5O6S/c13-15-11(18)10-4-3-8-7-17(10,9-2-1-5-14-6-9)12(19)16(8)23-24(20,21)22/h1-2,5-6,8,10H,3-4,7,13H2,(H-,15,18,20,21,22)/p+1/t8-,10+,17?/m1/s1. The Morgan fingerprint density at radius 3 is 2.83 bits per heavy atom. The Bertz CT molecular complexity index is 771. The van der Waals surface area contributed by atoms with Gasteiger partial charge in [0.1, 0.15) is 12.6 Å². The van der Waals surface area contributed by atoms with Gasteiger partial charge in [-0.3, -0.25) is 19.8 Å². The minimum atomic E-state index is -4.88. The summed E-state index contributed by atoms with van der Waals surface area (Å²) >= 11 is 0. The number of quaternary nitrogens is 1. The lowest BCUT2D eigenvalue weighted by molar-refractivity contribution is -0.125. The molecule has 2 fully saturated rings. The van der Waals surface area contributed by atoms with Crippen LogP contribution >= 0.6 is 0 Å². The number of nitrogens with one attached hydrogen (secondary N) is 1. The number of hydroxylamine groups is 2. The third kappa shape index (κ3) is 2.53. The Kier molecular flexibility index (Phi) is 4.01. The van der Waals surface area contributed by atoms with Gasteiger partial charge in [-0.2, -0.15) is 12.9 Å². The zero-order valence-electron chi connectivity index (χ0n) is 12.4. The maximum absolute atomic E-state index is 13.0. The minimum absolute atomic E-state index is 0.0954. The van der Waals surface area contributed by atoms with Gasteiger partial charge in [-0.25, -0.2) is 10.6 Å². The van der Waals surface area contributed by atoms with Gasteiger partial charge in [-0.1, -0.05) is 0 Å². The maximum Gasteiger partial charge on any atom is 0.450 e. The molecule has 11 nitrogen and oxygen atoms in total. The van der Waals surface area contributed by atoms with Crippen molar-refractivity contribution in [2.24, 2.45) is 5.84 Å². The van der Waals surface area contributed by atoms with E-state index in [1.165, 1.54) is 12.4 Å². The molecule has 24 heavy (non-hydrogen) atoms. The first-order chi connectivity index (χ1) is 11.3. The molecule has 0 saturated carbocycles. The second-order valence-corrected chi connectivity index (χ2v) is 6.63. The first-order valence-electron chi connectivity index (χ1n) is 7.09. The van der Waals surface area contributed by atoms with Crippen LogP contribution in [-0.4, -0.2) is 53.6 Å². The number of carbonyl (C=O) groups excluding carboxylic acids is 2. The van der Waals surface area contributed by atoms with Crippen LogP contribution in [0.25, 0.3) is 0 Å². The van der Waals surface area contributed by atoms with Gasteiger partial charge in [0.2, 0.25) is 0 Å². The molecule has 2 saturated heterocycles. The number of nitrogens with two attached hydrogens (primary N) is 1. The maximum atomic E-state index is 13.0. The van der Waals surface area contributed by atoms with E-state index < -0.39 is 38.9 Å². The quantitative estimate of drug-likeness (QED) is 0.205. The fourth-order valence-corrected chi connectivity index (χ4v) is 3.85. The van der Waals surface area contributed by atoms with E-state index in [4.69, 9.17) is 10.4 Å². The number of piperidine rings is 1. The first-order valence-corrected chi connectivity index (χ1v) is 8.45. The van der Waals surface area contributed by atoms with Crippen LogP contribution in [0.5, 0.6) is 0 Å². The third-order valence-electron chi connectivity index (χ3n) is 4.39. The Morgan fingerprint density at radius 2 is 2.25 bits per heavy atom. The molecule has 0 aliphatic carbocycles. The van der Waals surface area contributed by atoms with E-state index in [1.54, 1.807) is 12.1 Å². The predicted octanol–water partition coefficient (Wildman–Crippen LogP) is -0.920. The Morgan fingerprint density at radius 1 is 1.50 bits per heavy atom. The number of amides is 3. The number of aromatic nitrogens is 1. The number of pyridine rings is 1. The van der Waals surface area contributed by atoms with Crippen molar-refractivity contribution in [3.05, 3.63) is 24.5 Å². The Balaban J connectivity index is 2.11. The highest BCUT2D eigenvalue weighted by molar-refractivity contribution is 7.80.